The van der Waals surface area contributed by atoms with Crippen molar-refractivity contribution in [3.63, 3.8) is 0 Å². The van der Waals surface area contributed by atoms with E-state index in [1.54, 1.807) is 37.1 Å². The lowest BCUT2D eigenvalue weighted by atomic mass is 9.94. The highest BCUT2D eigenvalue weighted by Crippen LogP contribution is 2.24. The Morgan fingerprint density at radius 1 is 1.10 bits per heavy atom. The lowest BCUT2D eigenvalue weighted by Gasteiger charge is -2.27. The van der Waals surface area contributed by atoms with Gasteiger partial charge in [0.1, 0.15) is 11.6 Å². The van der Waals surface area contributed by atoms with Crippen LogP contribution >= 0.6 is 0 Å². The maximum Gasteiger partial charge on any atom is 0.310 e. The molecule has 1 saturated heterocycles. The number of rotatable bonds is 7. The molecule has 1 aliphatic heterocycles. The summed E-state index contributed by atoms with van der Waals surface area (Å²) in [5.41, 5.74) is 0.653. The van der Waals surface area contributed by atoms with Crippen molar-refractivity contribution in [2.45, 2.75) is 39.7 Å². The average Bonchev–Trinajstić information content (AvgIpc) is 3.22. The molecule has 162 valence electrons. The predicted octanol–water partition coefficient (Wildman–Crippen LogP) is 3.58. The maximum atomic E-state index is 11.4. The normalized spacial score (nSPS) is 14.5. The van der Waals surface area contributed by atoms with Gasteiger partial charge in [0.25, 0.3) is 0 Å². The maximum absolute atomic E-state index is 11.4. The van der Waals surface area contributed by atoms with Gasteiger partial charge in [0, 0.05) is 24.8 Å². The van der Waals surface area contributed by atoms with Crippen molar-refractivity contribution < 1.29 is 9.90 Å². The minimum atomic E-state index is -0.905. The zero-order valence-corrected chi connectivity index (χ0v) is 17.8. The summed E-state index contributed by atoms with van der Waals surface area (Å²) < 4.78 is 1.64. The van der Waals surface area contributed by atoms with Gasteiger partial charge in [-0.25, -0.2) is 9.97 Å². The first kappa shape index (κ1) is 20.8. The van der Waals surface area contributed by atoms with Crippen molar-refractivity contribution in [3.05, 3.63) is 43.0 Å². The lowest BCUT2D eigenvalue weighted by Crippen LogP contribution is -2.30. The van der Waals surface area contributed by atoms with Gasteiger partial charge < -0.3 is 15.3 Å². The molecule has 0 bridgehead atoms. The van der Waals surface area contributed by atoms with Crippen LogP contribution in [0, 0.1) is 5.41 Å². The molecule has 0 radical (unpaired) electrons. The van der Waals surface area contributed by atoms with E-state index in [2.05, 4.69) is 25.3 Å². The number of piperidine rings is 1. The Kier molecular flexibility index (Phi) is 5.83. The first-order chi connectivity index (χ1) is 14.9. The van der Waals surface area contributed by atoms with Crippen LogP contribution in [0.2, 0.25) is 0 Å². The van der Waals surface area contributed by atoms with E-state index in [1.807, 2.05) is 24.4 Å². The Morgan fingerprint density at radius 2 is 1.90 bits per heavy atom. The molecule has 0 unspecified atom stereocenters. The highest BCUT2D eigenvalue weighted by molar-refractivity contribution is 5.73. The molecule has 31 heavy (non-hydrogen) atoms. The van der Waals surface area contributed by atoms with Crippen LogP contribution in [0.15, 0.2) is 43.0 Å². The monoisotopic (exact) mass is 421 g/mol. The molecule has 4 heterocycles. The molecule has 3 aromatic rings. The van der Waals surface area contributed by atoms with Crippen LogP contribution in [0.4, 0.5) is 17.5 Å². The minimum absolute atomic E-state index is 0.277. The summed E-state index contributed by atoms with van der Waals surface area (Å²) in [4.78, 5) is 27.3. The zero-order chi connectivity index (χ0) is 21.8. The van der Waals surface area contributed by atoms with Gasteiger partial charge in [-0.1, -0.05) is 6.07 Å². The molecule has 0 saturated carbocycles. The number of nitrogens with one attached hydrogen (secondary N) is 1. The van der Waals surface area contributed by atoms with Crippen molar-refractivity contribution in [1.29, 1.82) is 0 Å². The number of nitrogens with zero attached hydrogens (tertiary/aromatic N) is 6. The third-order valence-electron chi connectivity index (χ3n) is 5.37. The summed E-state index contributed by atoms with van der Waals surface area (Å²) in [7, 11) is 0. The standard InChI is InChI=1S/C22H27N7O2/c1-22(2,21(30)31)15-29-14-16(11-24-29)17-7-6-8-18(25-17)26-19-12-23-13-20(27-19)28-9-4-3-5-10-28/h6-8,11-14H,3-5,9-10,15H2,1-2H3,(H,30,31)(H,25,26,27). The minimum Gasteiger partial charge on any atom is -0.481 e. The van der Waals surface area contributed by atoms with Gasteiger partial charge in [-0.3, -0.25) is 14.5 Å². The summed E-state index contributed by atoms with van der Waals surface area (Å²) in [6.07, 6.45) is 10.6. The van der Waals surface area contributed by atoms with Crippen LogP contribution in [0.1, 0.15) is 33.1 Å². The molecule has 1 fully saturated rings. The Labute approximate surface area is 181 Å². The predicted molar refractivity (Wildman–Crippen MR) is 118 cm³/mol. The van der Waals surface area contributed by atoms with Gasteiger partial charge in [0.05, 0.1) is 36.2 Å². The Morgan fingerprint density at radius 3 is 2.68 bits per heavy atom. The second-order valence-corrected chi connectivity index (χ2v) is 8.46. The SMILES string of the molecule is CC(C)(Cn1cc(-c2cccc(Nc3cncc(N4CCCCC4)n3)n2)cn1)C(=O)O. The summed E-state index contributed by atoms with van der Waals surface area (Å²) in [5.74, 6) is 1.32. The molecule has 0 amide bonds. The van der Waals surface area contributed by atoms with Gasteiger partial charge in [-0.15, -0.1) is 0 Å². The molecule has 3 aromatic heterocycles. The third-order valence-corrected chi connectivity index (χ3v) is 5.37. The van der Waals surface area contributed by atoms with E-state index in [1.165, 1.54) is 19.3 Å². The average molecular weight is 422 g/mol. The fourth-order valence-electron chi connectivity index (χ4n) is 3.54. The van der Waals surface area contributed by atoms with Gasteiger partial charge in [-0.2, -0.15) is 5.10 Å². The highest BCUT2D eigenvalue weighted by atomic mass is 16.4. The van der Waals surface area contributed by atoms with E-state index in [0.717, 1.165) is 30.2 Å². The van der Waals surface area contributed by atoms with Crippen molar-refractivity contribution >= 4 is 23.4 Å². The number of aliphatic carboxylic acids is 1. The number of hydrogen-bond donors (Lipinski definition) is 2. The Bertz CT molecular complexity index is 1060. The van der Waals surface area contributed by atoms with Crippen LogP contribution in [-0.2, 0) is 11.3 Å². The number of aromatic nitrogens is 5. The van der Waals surface area contributed by atoms with Crippen molar-refractivity contribution in [2.75, 3.05) is 23.3 Å². The van der Waals surface area contributed by atoms with Crippen LogP contribution < -0.4 is 10.2 Å². The summed E-state index contributed by atoms with van der Waals surface area (Å²) in [6, 6.07) is 5.67. The van der Waals surface area contributed by atoms with Gasteiger partial charge in [-0.05, 0) is 45.2 Å². The lowest BCUT2D eigenvalue weighted by molar-refractivity contribution is -0.147. The van der Waals surface area contributed by atoms with Crippen LogP contribution in [0.5, 0.6) is 0 Å². The van der Waals surface area contributed by atoms with E-state index in [-0.39, 0.29) is 6.54 Å². The fraction of sp³-hybridized carbons (Fsp3) is 0.409. The molecule has 0 atom stereocenters. The number of hydrogen-bond acceptors (Lipinski definition) is 7. The second-order valence-electron chi connectivity index (χ2n) is 8.46. The van der Waals surface area contributed by atoms with Crippen molar-refractivity contribution in [2.24, 2.45) is 5.41 Å². The summed E-state index contributed by atoms with van der Waals surface area (Å²) in [6.45, 7) is 5.65. The molecule has 0 aliphatic carbocycles. The van der Waals surface area contributed by atoms with Gasteiger partial charge >= 0.3 is 5.97 Å². The zero-order valence-electron chi connectivity index (χ0n) is 17.8. The third kappa shape index (κ3) is 4.99. The quantitative estimate of drug-likeness (QED) is 0.596. The highest BCUT2D eigenvalue weighted by Gasteiger charge is 2.28. The van der Waals surface area contributed by atoms with Crippen LogP contribution in [0.25, 0.3) is 11.3 Å². The number of pyridine rings is 1. The van der Waals surface area contributed by atoms with E-state index in [0.29, 0.717) is 11.6 Å². The molecular weight excluding hydrogens is 394 g/mol. The Balaban J connectivity index is 1.49. The topological polar surface area (TPSA) is 109 Å². The van der Waals surface area contributed by atoms with Crippen LogP contribution in [-0.4, -0.2) is 48.9 Å². The van der Waals surface area contributed by atoms with E-state index in [4.69, 9.17) is 4.98 Å². The van der Waals surface area contributed by atoms with Crippen LogP contribution in [0.3, 0.4) is 0 Å². The molecule has 0 aromatic carbocycles. The molecule has 9 nitrogen and oxygen atoms in total. The summed E-state index contributed by atoms with van der Waals surface area (Å²) in [5, 5.41) is 16.9. The number of carboxylic acid groups (broad SMARTS) is 1. The van der Waals surface area contributed by atoms with E-state index < -0.39 is 11.4 Å². The fourth-order valence-corrected chi connectivity index (χ4v) is 3.54. The van der Waals surface area contributed by atoms with E-state index >= 15 is 0 Å². The van der Waals surface area contributed by atoms with Crippen molar-refractivity contribution in [3.8, 4) is 11.3 Å². The number of carbonyl (C=O) groups is 1. The second kappa shape index (κ2) is 8.71. The van der Waals surface area contributed by atoms with E-state index in [9.17, 15) is 9.90 Å². The van der Waals surface area contributed by atoms with Gasteiger partial charge in [0.15, 0.2) is 5.82 Å². The first-order valence-corrected chi connectivity index (χ1v) is 10.5. The number of carboxylic acids is 1. The first-order valence-electron chi connectivity index (χ1n) is 10.5. The molecule has 0 spiro atoms. The molecule has 9 heteroatoms. The molecular formula is C22H27N7O2. The summed E-state index contributed by atoms with van der Waals surface area (Å²) >= 11 is 0. The molecule has 4 rings (SSSR count). The molecule has 2 N–H and O–H groups in total. The Hall–Kier alpha value is -3.49. The van der Waals surface area contributed by atoms with Gasteiger partial charge in [0.2, 0.25) is 0 Å². The largest absolute Gasteiger partial charge is 0.481 e. The van der Waals surface area contributed by atoms with Crippen molar-refractivity contribution in [1.82, 2.24) is 24.7 Å². The molecule has 1 aliphatic rings. The smallest absolute Gasteiger partial charge is 0.310 e. The number of anilines is 3.